The van der Waals surface area contributed by atoms with Crippen molar-refractivity contribution in [2.45, 2.75) is 13.0 Å². The van der Waals surface area contributed by atoms with Crippen molar-refractivity contribution in [1.29, 1.82) is 0 Å². The second-order valence-corrected chi connectivity index (χ2v) is 5.58. The van der Waals surface area contributed by atoms with E-state index in [0.717, 1.165) is 5.56 Å². The first kappa shape index (κ1) is 16.9. The number of anilines is 1. The molecule has 0 fully saturated rings. The molecule has 1 atom stereocenters. The van der Waals surface area contributed by atoms with Gasteiger partial charge in [0, 0.05) is 13.6 Å². The number of nitro groups is 1. The molecule has 0 radical (unpaired) electrons. The Hall–Kier alpha value is -2.48. The van der Waals surface area contributed by atoms with E-state index in [4.69, 9.17) is 0 Å². The van der Waals surface area contributed by atoms with Gasteiger partial charge in [0.05, 0.1) is 11.0 Å². The summed E-state index contributed by atoms with van der Waals surface area (Å²) < 4.78 is 14.9. The Labute approximate surface area is 133 Å². The van der Waals surface area contributed by atoms with Gasteiger partial charge in [-0.3, -0.25) is 10.1 Å². The van der Waals surface area contributed by atoms with Crippen molar-refractivity contribution < 1.29 is 9.31 Å². The molecule has 2 aromatic rings. The van der Waals surface area contributed by atoms with Gasteiger partial charge in [0.15, 0.2) is 0 Å². The Balaban J connectivity index is 2.25. The highest BCUT2D eigenvalue weighted by Gasteiger charge is 2.25. The molecule has 1 N–H and O–H groups in total. The molecule has 7 nitrogen and oxygen atoms in total. The zero-order valence-corrected chi connectivity index (χ0v) is 13.6. The number of nitrogens with zero attached hydrogens (tertiary/aromatic N) is 4. The van der Waals surface area contributed by atoms with E-state index in [1.165, 1.54) is 16.8 Å². The van der Waals surface area contributed by atoms with E-state index in [0.29, 0.717) is 18.1 Å². The molecule has 0 saturated heterocycles. The smallest absolute Gasteiger partial charge is 0.333 e. The lowest BCUT2D eigenvalue weighted by atomic mass is 10.1. The van der Waals surface area contributed by atoms with Crippen molar-refractivity contribution in [3.8, 4) is 0 Å². The van der Waals surface area contributed by atoms with E-state index in [9.17, 15) is 14.5 Å². The Morgan fingerprint density at radius 3 is 2.74 bits per heavy atom. The normalized spacial score (nSPS) is 12.4. The van der Waals surface area contributed by atoms with Crippen LogP contribution in [0.4, 0.5) is 15.9 Å². The number of nitrogens with one attached hydrogen (secondary N) is 1. The molecular formula is C15H20FN5O2. The fourth-order valence-corrected chi connectivity index (χ4v) is 2.57. The van der Waals surface area contributed by atoms with E-state index >= 15 is 0 Å². The monoisotopic (exact) mass is 321 g/mol. The highest BCUT2D eigenvalue weighted by Crippen LogP contribution is 2.28. The summed E-state index contributed by atoms with van der Waals surface area (Å²) in [6, 6.07) is 6.20. The quantitative estimate of drug-likeness (QED) is 0.653. The van der Waals surface area contributed by atoms with Crippen LogP contribution < -0.4 is 5.32 Å². The predicted octanol–water partition coefficient (Wildman–Crippen LogP) is 2.49. The Morgan fingerprint density at radius 1 is 1.48 bits per heavy atom. The molecule has 0 aliphatic carbocycles. The third-order valence-electron chi connectivity index (χ3n) is 3.69. The standard InChI is InChI=1S/C15H20FN5O2/c1-10-14(21(22)23)15(20(4)18-10)17-9-13(19(2)3)11-6-5-7-12(16)8-11/h5-8,13,17H,9H2,1-4H3. The lowest BCUT2D eigenvalue weighted by Gasteiger charge is -2.25. The number of aryl methyl sites for hydroxylation is 2. The van der Waals surface area contributed by atoms with Crippen LogP contribution in [-0.2, 0) is 7.05 Å². The van der Waals surface area contributed by atoms with Gasteiger partial charge in [0.2, 0.25) is 5.82 Å². The molecule has 0 saturated carbocycles. The van der Waals surface area contributed by atoms with Crippen LogP contribution in [0, 0.1) is 22.9 Å². The molecule has 1 unspecified atom stereocenters. The lowest BCUT2D eigenvalue weighted by Crippen LogP contribution is -2.27. The molecular weight excluding hydrogens is 301 g/mol. The van der Waals surface area contributed by atoms with Crippen molar-refractivity contribution in [3.63, 3.8) is 0 Å². The predicted molar refractivity (Wildman–Crippen MR) is 85.9 cm³/mol. The SMILES string of the molecule is Cc1nn(C)c(NCC(c2cccc(F)c2)N(C)C)c1[N+](=O)[O-]. The minimum Gasteiger partial charge on any atom is -0.363 e. The van der Waals surface area contributed by atoms with Crippen LogP contribution in [0.2, 0.25) is 0 Å². The highest BCUT2D eigenvalue weighted by molar-refractivity contribution is 5.59. The van der Waals surface area contributed by atoms with Crippen molar-refractivity contribution in [2.24, 2.45) is 7.05 Å². The molecule has 0 bridgehead atoms. The Morgan fingerprint density at radius 2 is 2.17 bits per heavy atom. The zero-order valence-electron chi connectivity index (χ0n) is 13.6. The van der Waals surface area contributed by atoms with Gasteiger partial charge in [-0.15, -0.1) is 0 Å². The van der Waals surface area contributed by atoms with Crippen LogP contribution in [0.3, 0.4) is 0 Å². The molecule has 0 amide bonds. The fourth-order valence-electron chi connectivity index (χ4n) is 2.57. The minimum atomic E-state index is -0.447. The van der Waals surface area contributed by atoms with E-state index < -0.39 is 4.92 Å². The maximum absolute atomic E-state index is 13.4. The molecule has 0 aliphatic heterocycles. The molecule has 1 heterocycles. The van der Waals surface area contributed by atoms with Gasteiger partial charge >= 0.3 is 5.69 Å². The molecule has 1 aromatic carbocycles. The summed E-state index contributed by atoms with van der Waals surface area (Å²) in [5, 5.41) is 18.4. The fraction of sp³-hybridized carbons (Fsp3) is 0.400. The number of likely N-dealkylation sites (N-methyl/N-ethyl adjacent to an activating group) is 1. The van der Waals surface area contributed by atoms with E-state index in [1.54, 1.807) is 20.0 Å². The van der Waals surface area contributed by atoms with Gasteiger partial charge in [0.25, 0.3) is 0 Å². The first-order valence-electron chi connectivity index (χ1n) is 7.15. The summed E-state index contributed by atoms with van der Waals surface area (Å²) >= 11 is 0. The topological polar surface area (TPSA) is 76.2 Å². The second-order valence-electron chi connectivity index (χ2n) is 5.58. The minimum absolute atomic E-state index is 0.0377. The van der Waals surface area contributed by atoms with E-state index in [-0.39, 0.29) is 17.5 Å². The van der Waals surface area contributed by atoms with E-state index in [1.807, 2.05) is 25.1 Å². The third-order valence-corrected chi connectivity index (χ3v) is 3.69. The van der Waals surface area contributed by atoms with Crippen molar-refractivity contribution >= 4 is 11.5 Å². The van der Waals surface area contributed by atoms with Gasteiger partial charge in [0.1, 0.15) is 11.5 Å². The van der Waals surface area contributed by atoms with Gasteiger partial charge in [-0.05, 0) is 38.7 Å². The van der Waals surface area contributed by atoms with Crippen LogP contribution in [0.25, 0.3) is 0 Å². The number of benzene rings is 1. The molecule has 0 aliphatic rings. The molecule has 2 rings (SSSR count). The summed E-state index contributed by atoms with van der Waals surface area (Å²) in [6.45, 7) is 1.98. The van der Waals surface area contributed by atoms with Crippen LogP contribution in [0.5, 0.6) is 0 Å². The Kier molecular flexibility index (Phi) is 4.95. The summed E-state index contributed by atoms with van der Waals surface area (Å²) in [6.07, 6.45) is 0. The average Bonchev–Trinajstić information content (AvgIpc) is 2.73. The first-order chi connectivity index (χ1) is 10.8. The number of hydrogen-bond acceptors (Lipinski definition) is 5. The summed E-state index contributed by atoms with van der Waals surface area (Å²) in [5.41, 5.74) is 1.11. The number of hydrogen-bond donors (Lipinski definition) is 1. The van der Waals surface area contributed by atoms with Crippen LogP contribution in [-0.4, -0.2) is 40.2 Å². The van der Waals surface area contributed by atoms with Gasteiger partial charge < -0.3 is 10.2 Å². The summed E-state index contributed by atoms with van der Waals surface area (Å²) in [7, 11) is 5.40. The molecule has 23 heavy (non-hydrogen) atoms. The van der Waals surface area contributed by atoms with Crippen molar-refractivity contribution in [1.82, 2.24) is 14.7 Å². The third kappa shape index (κ3) is 3.65. The zero-order chi connectivity index (χ0) is 17.1. The first-order valence-corrected chi connectivity index (χ1v) is 7.15. The van der Waals surface area contributed by atoms with Crippen LogP contribution >= 0.6 is 0 Å². The van der Waals surface area contributed by atoms with Crippen LogP contribution in [0.15, 0.2) is 24.3 Å². The van der Waals surface area contributed by atoms with Gasteiger partial charge in [-0.25, -0.2) is 9.07 Å². The lowest BCUT2D eigenvalue weighted by molar-refractivity contribution is -0.384. The molecule has 124 valence electrons. The number of aromatic nitrogens is 2. The van der Waals surface area contributed by atoms with Gasteiger partial charge in [-0.1, -0.05) is 12.1 Å². The Bertz CT molecular complexity index is 714. The maximum Gasteiger partial charge on any atom is 0.333 e. The molecule has 8 heteroatoms. The highest BCUT2D eigenvalue weighted by atomic mass is 19.1. The number of halogens is 1. The van der Waals surface area contributed by atoms with Crippen molar-refractivity contribution in [3.05, 3.63) is 51.5 Å². The largest absolute Gasteiger partial charge is 0.363 e. The second kappa shape index (κ2) is 6.74. The summed E-state index contributed by atoms with van der Waals surface area (Å²) in [5.74, 6) is 0.0347. The molecule has 0 spiro atoms. The van der Waals surface area contributed by atoms with E-state index in [2.05, 4.69) is 10.4 Å². The maximum atomic E-state index is 13.4. The average molecular weight is 321 g/mol. The number of rotatable bonds is 6. The molecule has 1 aromatic heterocycles. The van der Waals surface area contributed by atoms with Crippen molar-refractivity contribution in [2.75, 3.05) is 26.0 Å². The summed E-state index contributed by atoms with van der Waals surface area (Å²) in [4.78, 5) is 12.7. The van der Waals surface area contributed by atoms with Crippen LogP contribution in [0.1, 0.15) is 17.3 Å². The van der Waals surface area contributed by atoms with Gasteiger partial charge in [-0.2, -0.15) is 5.10 Å².